The highest BCUT2D eigenvalue weighted by Crippen LogP contribution is 2.45. The molecular weight excluding hydrogens is 663 g/mol. The predicted molar refractivity (Wildman–Crippen MR) is 227 cm³/mol. The van der Waals surface area contributed by atoms with Gasteiger partial charge in [0.2, 0.25) is 0 Å². The number of fused-ring (bicyclic) bond motifs is 8. The third-order valence-corrected chi connectivity index (χ3v) is 11.8. The van der Waals surface area contributed by atoms with Gasteiger partial charge in [0.25, 0.3) is 0 Å². The van der Waals surface area contributed by atoms with Crippen LogP contribution < -0.4 is 4.90 Å². The van der Waals surface area contributed by atoms with Crippen LogP contribution in [0, 0.1) is 0 Å². The number of hydrogen-bond acceptors (Lipinski definition) is 3. The Morgan fingerprint density at radius 1 is 0.377 bits per heavy atom. The van der Waals surface area contributed by atoms with E-state index in [1.54, 1.807) is 0 Å². The Bertz CT molecular complexity index is 3170. The molecule has 0 aliphatic heterocycles. The molecule has 0 saturated heterocycles. The third kappa shape index (κ3) is 4.86. The maximum atomic E-state index is 6.43. The lowest BCUT2D eigenvalue weighted by atomic mass is 9.91. The number of para-hydroxylation sites is 1. The first-order valence-corrected chi connectivity index (χ1v) is 18.8. The molecule has 53 heavy (non-hydrogen) atoms. The molecule has 248 valence electrons. The highest BCUT2D eigenvalue weighted by molar-refractivity contribution is 7.25. The minimum absolute atomic E-state index is 0.894. The molecule has 3 heteroatoms. The van der Waals surface area contributed by atoms with Gasteiger partial charge in [-0.2, -0.15) is 0 Å². The number of thiophene rings is 1. The fraction of sp³-hybridized carbons (Fsp3) is 0. The van der Waals surface area contributed by atoms with Crippen molar-refractivity contribution < 1.29 is 4.42 Å². The zero-order valence-electron chi connectivity index (χ0n) is 28.7. The molecule has 0 fully saturated rings. The van der Waals surface area contributed by atoms with E-state index in [2.05, 4.69) is 181 Å². The lowest BCUT2D eigenvalue weighted by Crippen LogP contribution is -2.10. The molecule has 0 atom stereocenters. The number of nitrogens with zero attached hydrogens (tertiary/aromatic N) is 1. The lowest BCUT2D eigenvalue weighted by molar-refractivity contribution is 0.669. The second kappa shape index (κ2) is 11.9. The number of furan rings is 1. The Kier molecular flexibility index (Phi) is 6.76. The van der Waals surface area contributed by atoms with E-state index in [0.717, 1.165) is 44.4 Å². The van der Waals surface area contributed by atoms with Crippen molar-refractivity contribution in [1.29, 1.82) is 0 Å². The van der Waals surface area contributed by atoms with Gasteiger partial charge in [0.05, 0.1) is 5.69 Å². The molecule has 11 aromatic rings. The standard InChI is InChI=1S/C50H31NOS/c1-2-11-32(12-3-1)38-18-8-13-34-14-9-19-39(50(34)38)33-23-25-36(26-24-33)51(37-27-28-49-44(30-37)41-17-5-7-22-48(41)53-49)45-20-10-15-35-29-43-40-16-4-6-21-46(40)52-47(43)31-42(35)45/h1-31H. The van der Waals surface area contributed by atoms with E-state index >= 15 is 0 Å². The zero-order chi connectivity index (χ0) is 34.9. The molecular formula is C50H31NOS. The van der Waals surface area contributed by atoms with Crippen LogP contribution >= 0.6 is 11.3 Å². The van der Waals surface area contributed by atoms with Gasteiger partial charge in [-0.05, 0) is 99.1 Å². The maximum Gasteiger partial charge on any atom is 0.136 e. The van der Waals surface area contributed by atoms with Crippen LogP contribution in [-0.2, 0) is 0 Å². The quantitative estimate of drug-likeness (QED) is 0.178. The summed E-state index contributed by atoms with van der Waals surface area (Å²) in [5.41, 5.74) is 9.99. The SMILES string of the molecule is c1ccc(-c2cccc3cccc(-c4ccc(N(c5ccc6sc7ccccc7c6c5)c5cccc6cc7c(cc56)oc5ccccc57)cc4)c23)cc1. The summed E-state index contributed by atoms with van der Waals surface area (Å²) in [6.45, 7) is 0. The van der Waals surface area contributed by atoms with Gasteiger partial charge in [0, 0.05) is 47.7 Å². The minimum Gasteiger partial charge on any atom is -0.456 e. The van der Waals surface area contributed by atoms with Crippen LogP contribution in [-0.4, -0.2) is 0 Å². The van der Waals surface area contributed by atoms with Crippen LogP contribution in [0.4, 0.5) is 17.1 Å². The van der Waals surface area contributed by atoms with E-state index in [9.17, 15) is 0 Å². The van der Waals surface area contributed by atoms with Crippen molar-refractivity contribution in [2.75, 3.05) is 4.90 Å². The molecule has 2 heterocycles. The van der Waals surface area contributed by atoms with Crippen LogP contribution in [0.5, 0.6) is 0 Å². The summed E-state index contributed by atoms with van der Waals surface area (Å²) in [6, 6.07) is 68.1. The fourth-order valence-corrected chi connectivity index (χ4v) is 9.27. The lowest BCUT2D eigenvalue weighted by Gasteiger charge is -2.27. The highest BCUT2D eigenvalue weighted by atomic mass is 32.1. The number of benzene rings is 9. The molecule has 0 bridgehead atoms. The van der Waals surface area contributed by atoms with Crippen LogP contribution in [0.15, 0.2) is 192 Å². The molecule has 0 aliphatic carbocycles. The first kappa shape index (κ1) is 30.0. The normalized spacial score (nSPS) is 11.8. The molecule has 2 nitrogen and oxygen atoms in total. The summed E-state index contributed by atoms with van der Waals surface area (Å²) in [7, 11) is 0. The molecule has 0 spiro atoms. The van der Waals surface area contributed by atoms with Crippen molar-refractivity contribution in [1.82, 2.24) is 0 Å². The first-order valence-electron chi connectivity index (χ1n) is 18.0. The second-order valence-electron chi connectivity index (χ2n) is 13.7. The summed E-state index contributed by atoms with van der Waals surface area (Å²) >= 11 is 1.85. The Morgan fingerprint density at radius 2 is 1.04 bits per heavy atom. The number of rotatable bonds is 5. The van der Waals surface area contributed by atoms with Gasteiger partial charge in [-0.15, -0.1) is 11.3 Å². The Hall–Kier alpha value is -6.68. The van der Waals surface area contributed by atoms with E-state index in [0.29, 0.717) is 0 Å². The van der Waals surface area contributed by atoms with Gasteiger partial charge < -0.3 is 9.32 Å². The minimum atomic E-state index is 0.894. The van der Waals surface area contributed by atoms with Crippen LogP contribution in [0.25, 0.3) is 85.9 Å². The monoisotopic (exact) mass is 693 g/mol. The third-order valence-electron chi connectivity index (χ3n) is 10.6. The van der Waals surface area contributed by atoms with Crippen molar-refractivity contribution in [3.8, 4) is 22.3 Å². The summed E-state index contributed by atoms with van der Waals surface area (Å²) in [6.07, 6.45) is 0. The van der Waals surface area contributed by atoms with Crippen molar-refractivity contribution in [2.24, 2.45) is 0 Å². The van der Waals surface area contributed by atoms with Crippen LogP contribution in [0.2, 0.25) is 0 Å². The average Bonchev–Trinajstić information content (AvgIpc) is 3.78. The fourth-order valence-electron chi connectivity index (χ4n) is 8.19. The maximum absolute atomic E-state index is 6.43. The van der Waals surface area contributed by atoms with Gasteiger partial charge in [-0.1, -0.05) is 127 Å². The predicted octanol–water partition coefficient (Wildman–Crippen LogP) is 15.1. The summed E-state index contributed by atoms with van der Waals surface area (Å²) in [5, 5.41) is 9.65. The van der Waals surface area contributed by atoms with Crippen molar-refractivity contribution in [2.45, 2.75) is 0 Å². The molecule has 0 unspecified atom stereocenters. The Morgan fingerprint density at radius 3 is 1.87 bits per heavy atom. The molecule has 0 aliphatic rings. The van der Waals surface area contributed by atoms with Crippen molar-refractivity contribution in [3.63, 3.8) is 0 Å². The first-order chi connectivity index (χ1) is 26.3. The molecule has 9 aromatic carbocycles. The molecule has 11 rings (SSSR count). The molecule has 0 amide bonds. The van der Waals surface area contributed by atoms with E-state index in [1.165, 1.54) is 58.6 Å². The summed E-state index contributed by atoms with van der Waals surface area (Å²) < 4.78 is 9.02. The van der Waals surface area contributed by atoms with E-state index in [4.69, 9.17) is 4.42 Å². The second-order valence-corrected chi connectivity index (χ2v) is 14.8. The van der Waals surface area contributed by atoms with E-state index in [1.807, 2.05) is 23.5 Å². The zero-order valence-corrected chi connectivity index (χ0v) is 29.5. The largest absolute Gasteiger partial charge is 0.456 e. The van der Waals surface area contributed by atoms with Crippen LogP contribution in [0.3, 0.4) is 0 Å². The van der Waals surface area contributed by atoms with Crippen molar-refractivity contribution >= 4 is 92.1 Å². The van der Waals surface area contributed by atoms with Gasteiger partial charge >= 0.3 is 0 Å². The molecule has 0 N–H and O–H groups in total. The average molecular weight is 694 g/mol. The highest BCUT2D eigenvalue weighted by Gasteiger charge is 2.19. The van der Waals surface area contributed by atoms with Gasteiger partial charge in [0.1, 0.15) is 11.2 Å². The van der Waals surface area contributed by atoms with Crippen LogP contribution in [0.1, 0.15) is 0 Å². The Labute approximate surface area is 310 Å². The number of hydrogen-bond donors (Lipinski definition) is 0. The van der Waals surface area contributed by atoms with E-state index in [-0.39, 0.29) is 0 Å². The molecule has 2 aromatic heterocycles. The van der Waals surface area contributed by atoms with Gasteiger partial charge in [0.15, 0.2) is 0 Å². The molecule has 0 radical (unpaired) electrons. The number of anilines is 3. The Balaban J connectivity index is 1.12. The van der Waals surface area contributed by atoms with E-state index < -0.39 is 0 Å². The molecule has 0 saturated carbocycles. The van der Waals surface area contributed by atoms with Gasteiger partial charge in [-0.25, -0.2) is 0 Å². The summed E-state index contributed by atoms with van der Waals surface area (Å²) in [4.78, 5) is 2.41. The topological polar surface area (TPSA) is 16.4 Å². The van der Waals surface area contributed by atoms with Gasteiger partial charge in [-0.3, -0.25) is 0 Å². The van der Waals surface area contributed by atoms with Crippen molar-refractivity contribution in [3.05, 3.63) is 188 Å². The summed E-state index contributed by atoms with van der Waals surface area (Å²) in [5.74, 6) is 0. The smallest absolute Gasteiger partial charge is 0.136 e.